The number of hydrogen-bond donors (Lipinski definition) is 2. The zero-order chi connectivity index (χ0) is 13.6. The molecule has 2 aliphatic heterocycles. The van der Waals surface area contributed by atoms with Crippen molar-refractivity contribution in [3.05, 3.63) is 18.2 Å². The summed E-state index contributed by atoms with van der Waals surface area (Å²) in [4.78, 5) is 12.5. The molecule has 2 N–H and O–H groups in total. The number of amides is 1. The number of hydrogen-bond acceptors (Lipinski definition) is 4. The molecule has 1 aromatic carbocycles. The van der Waals surface area contributed by atoms with Crippen molar-refractivity contribution in [2.75, 3.05) is 31.6 Å². The Morgan fingerprint density at radius 1 is 1.30 bits per heavy atom. The quantitative estimate of drug-likeness (QED) is 0.856. The van der Waals surface area contributed by atoms with E-state index >= 15 is 0 Å². The number of rotatable bonds is 2. The van der Waals surface area contributed by atoms with Gasteiger partial charge < -0.3 is 20.1 Å². The summed E-state index contributed by atoms with van der Waals surface area (Å²) in [6.07, 6.45) is 1.95. The van der Waals surface area contributed by atoms with E-state index in [4.69, 9.17) is 9.47 Å². The standard InChI is InChI=1S/C15H18N2O3/c18-14(15-3-4-16-9-10(15)8-15)17-11-1-2-12-13(7-11)20-6-5-19-12/h1-2,7,10,16H,3-6,8-9H2,(H,17,18). The molecule has 1 saturated carbocycles. The molecule has 1 aliphatic carbocycles. The van der Waals surface area contributed by atoms with Gasteiger partial charge in [-0.2, -0.15) is 0 Å². The van der Waals surface area contributed by atoms with Crippen molar-refractivity contribution in [1.82, 2.24) is 5.32 Å². The Kier molecular flexibility index (Phi) is 2.63. The maximum absolute atomic E-state index is 12.5. The van der Waals surface area contributed by atoms with Gasteiger partial charge in [0.05, 0.1) is 5.41 Å². The van der Waals surface area contributed by atoms with E-state index in [2.05, 4.69) is 10.6 Å². The molecule has 5 heteroatoms. The number of anilines is 1. The van der Waals surface area contributed by atoms with Crippen molar-refractivity contribution < 1.29 is 14.3 Å². The first-order valence-electron chi connectivity index (χ1n) is 7.20. The number of fused-ring (bicyclic) bond motifs is 2. The van der Waals surface area contributed by atoms with Crippen LogP contribution in [0.5, 0.6) is 11.5 Å². The summed E-state index contributed by atoms with van der Waals surface area (Å²) in [7, 11) is 0. The van der Waals surface area contributed by atoms with Gasteiger partial charge in [-0.25, -0.2) is 0 Å². The number of ether oxygens (including phenoxy) is 2. The lowest BCUT2D eigenvalue weighted by atomic mass is 9.95. The first-order valence-corrected chi connectivity index (χ1v) is 7.20. The van der Waals surface area contributed by atoms with Crippen LogP contribution in [0, 0.1) is 11.3 Å². The molecule has 4 rings (SSSR count). The third kappa shape index (κ3) is 1.85. The predicted molar refractivity (Wildman–Crippen MR) is 74.1 cm³/mol. The summed E-state index contributed by atoms with van der Waals surface area (Å²) >= 11 is 0. The zero-order valence-corrected chi connectivity index (χ0v) is 11.3. The summed E-state index contributed by atoms with van der Waals surface area (Å²) in [6, 6.07) is 5.58. The van der Waals surface area contributed by atoms with Crippen LogP contribution in [0.1, 0.15) is 12.8 Å². The van der Waals surface area contributed by atoms with E-state index in [1.165, 1.54) is 0 Å². The van der Waals surface area contributed by atoms with Gasteiger partial charge in [-0.3, -0.25) is 4.79 Å². The Bertz CT molecular complexity index is 560. The van der Waals surface area contributed by atoms with Crippen LogP contribution in [0.2, 0.25) is 0 Å². The van der Waals surface area contributed by atoms with Crippen molar-refractivity contribution in [3.63, 3.8) is 0 Å². The number of carbonyl (C=O) groups is 1. The second-order valence-electron chi connectivity index (χ2n) is 5.82. The Labute approximate surface area is 117 Å². The van der Waals surface area contributed by atoms with Crippen molar-refractivity contribution in [2.45, 2.75) is 12.8 Å². The predicted octanol–water partition coefficient (Wildman–Crippen LogP) is 1.40. The topological polar surface area (TPSA) is 59.6 Å². The van der Waals surface area contributed by atoms with Crippen molar-refractivity contribution in [2.24, 2.45) is 11.3 Å². The first kappa shape index (κ1) is 12.0. The van der Waals surface area contributed by atoms with Gasteiger partial charge in [0.1, 0.15) is 13.2 Å². The molecule has 0 spiro atoms. The van der Waals surface area contributed by atoms with Crippen LogP contribution in [0.4, 0.5) is 5.69 Å². The van der Waals surface area contributed by atoms with Crippen molar-refractivity contribution >= 4 is 11.6 Å². The second kappa shape index (κ2) is 4.38. The number of nitrogens with one attached hydrogen (secondary N) is 2. The molecule has 3 aliphatic rings. The fraction of sp³-hybridized carbons (Fsp3) is 0.533. The van der Waals surface area contributed by atoms with Crippen LogP contribution >= 0.6 is 0 Å². The normalized spacial score (nSPS) is 30.3. The molecule has 2 heterocycles. The molecule has 2 fully saturated rings. The Morgan fingerprint density at radius 2 is 2.15 bits per heavy atom. The van der Waals surface area contributed by atoms with Crippen LogP contribution in [-0.2, 0) is 4.79 Å². The van der Waals surface area contributed by atoms with Crippen molar-refractivity contribution in [3.8, 4) is 11.5 Å². The van der Waals surface area contributed by atoms with Gasteiger partial charge in [0.25, 0.3) is 0 Å². The highest BCUT2D eigenvalue weighted by molar-refractivity contribution is 5.98. The molecular weight excluding hydrogens is 256 g/mol. The van der Waals surface area contributed by atoms with Crippen LogP contribution < -0.4 is 20.1 Å². The molecule has 1 saturated heterocycles. The number of piperidine rings is 1. The lowest BCUT2D eigenvalue weighted by Crippen LogP contribution is -2.36. The summed E-state index contributed by atoms with van der Waals surface area (Å²) in [5.74, 6) is 2.12. The van der Waals surface area contributed by atoms with Gasteiger partial charge in [-0.1, -0.05) is 0 Å². The fourth-order valence-corrected chi connectivity index (χ4v) is 3.31. The molecule has 0 radical (unpaired) electrons. The molecule has 0 bridgehead atoms. The number of benzene rings is 1. The van der Waals surface area contributed by atoms with Gasteiger partial charge in [0.15, 0.2) is 11.5 Å². The monoisotopic (exact) mass is 274 g/mol. The third-order valence-electron chi connectivity index (χ3n) is 4.62. The smallest absolute Gasteiger partial charge is 0.230 e. The molecule has 20 heavy (non-hydrogen) atoms. The van der Waals surface area contributed by atoms with Crippen LogP contribution in [0.3, 0.4) is 0 Å². The average molecular weight is 274 g/mol. The van der Waals surface area contributed by atoms with E-state index in [9.17, 15) is 4.79 Å². The minimum atomic E-state index is -0.126. The van der Waals surface area contributed by atoms with Gasteiger partial charge in [0.2, 0.25) is 5.91 Å². The fourth-order valence-electron chi connectivity index (χ4n) is 3.31. The largest absolute Gasteiger partial charge is 0.486 e. The molecule has 1 amide bonds. The van der Waals surface area contributed by atoms with E-state index in [0.29, 0.717) is 24.9 Å². The highest BCUT2D eigenvalue weighted by atomic mass is 16.6. The second-order valence-corrected chi connectivity index (χ2v) is 5.82. The zero-order valence-electron chi connectivity index (χ0n) is 11.3. The summed E-state index contributed by atoms with van der Waals surface area (Å²) in [5.41, 5.74) is 0.663. The highest BCUT2D eigenvalue weighted by Gasteiger charge is 2.60. The Hall–Kier alpha value is -1.75. The van der Waals surface area contributed by atoms with E-state index in [-0.39, 0.29) is 11.3 Å². The lowest BCUT2D eigenvalue weighted by molar-refractivity contribution is -0.122. The molecule has 1 aromatic rings. The molecule has 106 valence electrons. The average Bonchev–Trinajstić information content (AvgIpc) is 3.23. The van der Waals surface area contributed by atoms with E-state index in [1.807, 2.05) is 18.2 Å². The molecule has 2 atom stereocenters. The Morgan fingerprint density at radius 3 is 3.00 bits per heavy atom. The lowest BCUT2D eigenvalue weighted by Gasteiger charge is -2.23. The van der Waals surface area contributed by atoms with Crippen molar-refractivity contribution in [1.29, 1.82) is 0 Å². The van der Waals surface area contributed by atoms with E-state index in [1.54, 1.807) is 0 Å². The highest BCUT2D eigenvalue weighted by Crippen LogP contribution is 2.57. The van der Waals surface area contributed by atoms with E-state index < -0.39 is 0 Å². The molecular formula is C15H18N2O3. The van der Waals surface area contributed by atoms with Crippen LogP contribution in [-0.4, -0.2) is 32.2 Å². The molecule has 5 nitrogen and oxygen atoms in total. The summed E-state index contributed by atoms with van der Waals surface area (Å²) < 4.78 is 11.0. The van der Waals surface area contributed by atoms with Gasteiger partial charge in [-0.05, 0) is 44.0 Å². The molecule has 0 aromatic heterocycles. The van der Waals surface area contributed by atoms with Crippen LogP contribution in [0.25, 0.3) is 0 Å². The van der Waals surface area contributed by atoms with Crippen LogP contribution in [0.15, 0.2) is 18.2 Å². The third-order valence-corrected chi connectivity index (χ3v) is 4.62. The van der Waals surface area contributed by atoms with Gasteiger partial charge in [0, 0.05) is 11.8 Å². The minimum Gasteiger partial charge on any atom is -0.486 e. The summed E-state index contributed by atoms with van der Waals surface area (Å²) in [6.45, 7) is 3.04. The van der Waals surface area contributed by atoms with Gasteiger partial charge in [-0.15, -0.1) is 0 Å². The minimum absolute atomic E-state index is 0.126. The Balaban J connectivity index is 1.50. The SMILES string of the molecule is O=C(Nc1ccc2c(c1)OCCO2)C12CCNCC1C2. The summed E-state index contributed by atoms with van der Waals surface area (Å²) in [5, 5.41) is 6.39. The maximum atomic E-state index is 12.5. The number of carbonyl (C=O) groups excluding carboxylic acids is 1. The van der Waals surface area contributed by atoms with E-state index in [0.717, 1.165) is 37.4 Å². The first-order chi connectivity index (χ1) is 9.78. The molecule has 2 unspecified atom stereocenters. The maximum Gasteiger partial charge on any atom is 0.230 e. The van der Waals surface area contributed by atoms with Gasteiger partial charge >= 0.3 is 0 Å².